The Balaban J connectivity index is 2.37. The van der Waals surface area contributed by atoms with E-state index in [0.717, 1.165) is 18.4 Å². The molecule has 0 fully saturated rings. The molecule has 17 heavy (non-hydrogen) atoms. The fourth-order valence-electron chi connectivity index (χ4n) is 2.57. The third kappa shape index (κ3) is 2.53. The Labute approximate surface area is 104 Å². The second-order valence-electron chi connectivity index (χ2n) is 6.22. The van der Waals surface area contributed by atoms with Crippen LogP contribution in [0.5, 0.6) is 0 Å². The van der Waals surface area contributed by atoms with Crippen LogP contribution in [0.15, 0.2) is 18.2 Å². The molecule has 94 valence electrons. The number of hydrogen-bond acceptors (Lipinski definition) is 2. The van der Waals surface area contributed by atoms with Gasteiger partial charge < -0.3 is 10.8 Å². The number of nitrogens with two attached hydrogens (primary N) is 1. The molecule has 0 aliphatic heterocycles. The molecule has 2 nitrogen and oxygen atoms in total. The van der Waals surface area contributed by atoms with Crippen LogP contribution in [-0.4, -0.2) is 11.7 Å². The van der Waals surface area contributed by atoms with Crippen molar-refractivity contribution in [3.63, 3.8) is 0 Å². The molecule has 0 bridgehead atoms. The molecule has 2 atom stereocenters. The highest BCUT2D eigenvalue weighted by molar-refractivity contribution is 5.38. The molecule has 1 aliphatic rings. The monoisotopic (exact) mass is 233 g/mol. The normalized spacial score (nSPS) is 24.5. The summed E-state index contributed by atoms with van der Waals surface area (Å²) in [4.78, 5) is 0. The molecule has 1 aromatic carbocycles. The topological polar surface area (TPSA) is 46.2 Å². The van der Waals surface area contributed by atoms with Crippen molar-refractivity contribution in [1.29, 1.82) is 0 Å². The van der Waals surface area contributed by atoms with Gasteiger partial charge in [-0.15, -0.1) is 0 Å². The lowest BCUT2D eigenvalue weighted by Gasteiger charge is -2.30. The van der Waals surface area contributed by atoms with Crippen molar-refractivity contribution >= 4 is 0 Å². The summed E-state index contributed by atoms with van der Waals surface area (Å²) in [7, 11) is 0. The van der Waals surface area contributed by atoms with E-state index >= 15 is 0 Å². The van der Waals surface area contributed by atoms with Crippen molar-refractivity contribution in [3.05, 3.63) is 34.9 Å². The van der Waals surface area contributed by atoms with E-state index in [0.29, 0.717) is 12.5 Å². The lowest BCUT2D eigenvalue weighted by molar-refractivity contribution is 0.133. The van der Waals surface area contributed by atoms with Gasteiger partial charge in [0.1, 0.15) is 0 Å². The molecule has 0 saturated carbocycles. The summed E-state index contributed by atoms with van der Waals surface area (Å²) in [6.45, 7) is 7.27. The molecule has 0 saturated heterocycles. The van der Waals surface area contributed by atoms with Crippen LogP contribution in [0.4, 0.5) is 0 Å². The molecule has 0 radical (unpaired) electrons. The lowest BCUT2D eigenvalue weighted by atomic mass is 9.78. The fourth-order valence-corrected chi connectivity index (χ4v) is 2.57. The van der Waals surface area contributed by atoms with Crippen molar-refractivity contribution in [2.24, 2.45) is 11.7 Å². The molecular weight excluding hydrogens is 210 g/mol. The van der Waals surface area contributed by atoms with Crippen LogP contribution in [0.2, 0.25) is 0 Å². The molecule has 0 amide bonds. The maximum Gasteiger partial charge on any atom is 0.0796 e. The van der Waals surface area contributed by atoms with E-state index in [4.69, 9.17) is 5.73 Å². The minimum atomic E-state index is -0.338. The van der Waals surface area contributed by atoms with Gasteiger partial charge in [-0.3, -0.25) is 0 Å². The zero-order chi connectivity index (χ0) is 12.6. The molecule has 0 heterocycles. The highest BCUT2D eigenvalue weighted by Crippen LogP contribution is 2.35. The molecule has 1 aliphatic carbocycles. The fraction of sp³-hybridized carbons (Fsp3) is 0.600. The van der Waals surface area contributed by atoms with E-state index in [9.17, 15) is 5.11 Å². The summed E-state index contributed by atoms with van der Waals surface area (Å²) in [6.07, 6.45) is 1.47. The summed E-state index contributed by atoms with van der Waals surface area (Å²) >= 11 is 0. The van der Waals surface area contributed by atoms with E-state index in [-0.39, 0.29) is 11.5 Å². The van der Waals surface area contributed by atoms with Gasteiger partial charge in [0.15, 0.2) is 0 Å². The number of hydrogen-bond donors (Lipinski definition) is 2. The Kier molecular flexibility index (Phi) is 3.28. The molecule has 0 spiro atoms. The first kappa shape index (κ1) is 12.6. The van der Waals surface area contributed by atoms with E-state index in [1.54, 1.807) is 0 Å². The van der Waals surface area contributed by atoms with Gasteiger partial charge in [-0.05, 0) is 47.4 Å². The highest BCUT2D eigenvalue weighted by Gasteiger charge is 2.26. The summed E-state index contributed by atoms with van der Waals surface area (Å²) < 4.78 is 0. The van der Waals surface area contributed by atoms with Crippen LogP contribution in [-0.2, 0) is 11.8 Å². The third-order valence-corrected chi connectivity index (χ3v) is 3.77. The second-order valence-corrected chi connectivity index (χ2v) is 6.22. The molecule has 2 unspecified atom stereocenters. The lowest BCUT2D eigenvalue weighted by Crippen LogP contribution is -2.25. The Hall–Kier alpha value is -0.860. The van der Waals surface area contributed by atoms with Gasteiger partial charge >= 0.3 is 0 Å². The Bertz CT molecular complexity index is 406. The van der Waals surface area contributed by atoms with Gasteiger partial charge in [0, 0.05) is 0 Å². The first-order chi connectivity index (χ1) is 7.91. The van der Waals surface area contributed by atoms with Crippen LogP contribution < -0.4 is 5.73 Å². The first-order valence-corrected chi connectivity index (χ1v) is 6.43. The van der Waals surface area contributed by atoms with Crippen molar-refractivity contribution in [2.45, 2.75) is 45.1 Å². The summed E-state index contributed by atoms with van der Waals surface area (Å²) in [6, 6.07) is 6.53. The number of benzene rings is 1. The number of fused-ring (bicyclic) bond motifs is 1. The minimum absolute atomic E-state index is 0.138. The van der Waals surface area contributed by atoms with E-state index in [1.165, 1.54) is 11.1 Å². The molecular formula is C15H23NO. The van der Waals surface area contributed by atoms with Crippen LogP contribution in [0.1, 0.15) is 50.0 Å². The standard InChI is InChI=1S/C15H23NO/c1-15(2,3)12-5-4-11-6-10(9-16)7-14(17)13(11)8-12/h4-5,8,10,14,17H,6-7,9,16H2,1-3H3. The van der Waals surface area contributed by atoms with Crippen LogP contribution in [0.25, 0.3) is 0 Å². The predicted octanol–water partition coefficient (Wildman–Crippen LogP) is 2.54. The molecule has 3 N–H and O–H groups in total. The van der Waals surface area contributed by atoms with Gasteiger partial charge in [0.25, 0.3) is 0 Å². The van der Waals surface area contributed by atoms with Crippen molar-refractivity contribution < 1.29 is 5.11 Å². The average Bonchev–Trinajstić information content (AvgIpc) is 2.27. The predicted molar refractivity (Wildman–Crippen MR) is 71.0 cm³/mol. The smallest absolute Gasteiger partial charge is 0.0796 e. The van der Waals surface area contributed by atoms with Crippen LogP contribution >= 0.6 is 0 Å². The average molecular weight is 233 g/mol. The van der Waals surface area contributed by atoms with Gasteiger partial charge in [0.05, 0.1) is 6.10 Å². The van der Waals surface area contributed by atoms with E-state index in [2.05, 4.69) is 39.0 Å². The van der Waals surface area contributed by atoms with Gasteiger partial charge in [0.2, 0.25) is 0 Å². The number of rotatable bonds is 1. The van der Waals surface area contributed by atoms with E-state index in [1.807, 2.05) is 0 Å². The zero-order valence-corrected chi connectivity index (χ0v) is 11.0. The van der Waals surface area contributed by atoms with Crippen LogP contribution in [0, 0.1) is 5.92 Å². The second kappa shape index (κ2) is 4.43. The third-order valence-electron chi connectivity index (χ3n) is 3.77. The summed E-state index contributed by atoms with van der Waals surface area (Å²) in [5, 5.41) is 10.2. The minimum Gasteiger partial charge on any atom is -0.388 e. The molecule has 0 aromatic heterocycles. The maximum atomic E-state index is 10.2. The zero-order valence-electron chi connectivity index (χ0n) is 11.0. The van der Waals surface area contributed by atoms with E-state index < -0.39 is 0 Å². The molecule has 2 heteroatoms. The molecule has 1 aromatic rings. The Morgan fingerprint density at radius 3 is 2.65 bits per heavy atom. The largest absolute Gasteiger partial charge is 0.388 e. The number of aliphatic hydroxyl groups is 1. The molecule has 2 rings (SSSR count). The maximum absolute atomic E-state index is 10.2. The van der Waals surface area contributed by atoms with Gasteiger partial charge in [-0.25, -0.2) is 0 Å². The van der Waals surface area contributed by atoms with Crippen molar-refractivity contribution in [1.82, 2.24) is 0 Å². The SMILES string of the molecule is CC(C)(C)c1ccc2c(c1)C(O)CC(CN)C2. The summed E-state index contributed by atoms with van der Waals surface area (Å²) in [5.74, 6) is 0.429. The van der Waals surface area contributed by atoms with Crippen LogP contribution in [0.3, 0.4) is 0 Å². The van der Waals surface area contributed by atoms with Crippen molar-refractivity contribution in [2.75, 3.05) is 6.54 Å². The summed E-state index contributed by atoms with van der Waals surface area (Å²) in [5.41, 5.74) is 9.53. The Morgan fingerprint density at radius 2 is 2.06 bits per heavy atom. The van der Waals surface area contributed by atoms with Crippen molar-refractivity contribution in [3.8, 4) is 0 Å². The number of aliphatic hydroxyl groups excluding tert-OH is 1. The Morgan fingerprint density at radius 1 is 1.35 bits per heavy atom. The quantitative estimate of drug-likeness (QED) is 0.783. The van der Waals surface area contributed by atoms with Gasteiger partial charge in [-0.2, -0.15) is 0 Å². The van der Waals surface area contributed by atoms with Gasteiger partial charge in [-0.1, -0.05) is 39.0 Å². The first-order valence-electron chi connectivity index (χ1n) is 6.43. The highest BCUT2D eigenvalue weighted by atomic mass is 16.3.